The third kappa shape index (κ3) is 6.56. The summed E-state index contributed by atoms with van der Waals surface area (Å²) in [6.45, 7) is 3.87. The highest BCUT2D eigenvalue weighted by Crippen LogP contribution is 2.29. The zero-order chi connectivity index (χ0) is 19.8. The predicted molar refractivity (Wildman–Crippen MR) is 110 cm³/mol. The first kappa shape index (κ1) is 21.3. The van der Waals surface area contributed by atoms with E-state index in [1.54, 1.807) is 0 Å². The Morgan fingerprint density at radius 3 is 2.52 bits per heavy atom. The molecule has 4 nitrogen and oxygen atoms in total. The first-order chi connectivity index (χ1) is 12.9. The number of rotatable bonds is 8. The van der Waals surface area contributed by atoms with Crippen LogP contribution in [-0.4, -0.2) is 17.1 Å². The van der Waals surface area contributed by atoms with Gasteiger partial charge in [0, 0.05) is 22.7 Å². The van der Waals surface area contributed by atoms with Gasteiger partial charge < -0.3 is 10.6 Å². The number of hydrogen-bond acceptors (Lipinski definition) is 3. The average molecular weight is 409 g/mol. The monoisotopic (exact) mass is 408 g/mol. The Balaban J connectivity index is 2.03. The summed E-state index contributed by atoms with van der Waals surface area (Å²) < 4.78 is 13.2. The number of carbonyl (C=O) groups is 2. The van der Waals surface area contributed by atoms with Crippen molar-refractivity contribution in [3.8, 4) is 0 Å². The van der Waals surface area contributed by atoms with E-state index >= 15 is 0 Å². The van der Waals surface area contributed by atoms with Crippen molar-refractivity contribution in [2.75, 3.05) is 10.6 Å². The molecular weight excluding hydrogens is 387 g/mol. The molecule has 7 heteroatoms. The highest BCUT2D eigenvalue weighted by atomic mass is 35.5. The molecule has 0 bridgehead atoms. The molecule has 0 spiro atoms. The number of hydrogen-bond donors (Lipinski definition) is 2. The first-order valence-electron chi connectivity index (χ1n) is 8.75. The molecule has 2 aromatic carbocycles. The van der Waals surface area contributed by atoms with Gasteiger partial charge in [-0.1, -0.05) is 31.5 Å². The molecule has 0 radical (unpaired) electrons. The molecule has 2 rings (SSSR count). The Labute approximate surface area is 167 Å². The van der Waals surface area contributed by atoms with Crippen LogP contribution in [0, 0.1) is 5.82 Å². The van der Waals surface area contributed by atoms with Crippen LogP contribution in [0.2, 0.25) is 5.02 Å². The number of halogens is 2. The fourth-order valence-electron chi connectivity index (χ4n) is 2.38. The molecular formula is C20H22ClFN2O2S. The predicted octanol–water partition coefficient (Wildman–Crippen LogP) is 5.73. The van der Waals surface area contributed by atoms with Crippen molar-refractivity contribution in [3.63, 3.8) is 0 Å². The summed E-state index contributed by atoms with van der Waals surface area (Å²) >= 11 is 7.16. The third-order valence-electron chi connectivity index (χ3n) is 3.72. The normalized spacial score (nSPS) is 11.7. The summed E-state index contributed by atoms with van der Waals surface area (Å²) in [5.74, 6) is -0.749. The van der Waals surface area contributed by atoms with Crippen molar-refractivity contribution in [1.29, 1.82) is 0 Å². The molecule has 2 amide bonds. The fourth-order valence-corrected chi connectivity index (χ4v) is 3.57. The molecule has 2 aromatic rings. The first-order valence-corrected chi connectivity index (χ1v) is 10.0. The van der Waals surface area contributed by atoms with E-state index in [0.29, 0.717) is 24.2 Å². The smallest absolute Gasteiger partial charge is 0.237 e. The Hall–Kier alpha value is -2.05. The van der Waals surface area contributed by atoms with Crippen LogP contribution < -0.4 is 10.6 Å². The van der Waals surface area contributed by atoms with Crippen LogP contribution in [0.3, 0.4) is 0 Å². The van der Waals surface area contributed by atoms with Gasteiger partial charge in [0.2, 0.25) is 11.8 Å². The van der Waals surface area contributed by atoms with Gasteiger partial charge in [0.05, 0.1) is 10.3 Å². The number of thioether (sulfide) groups is 1. The van der Waals surface area contributed by atoms with Crippen LogP contribution in [0.5, 0.6) is 0 Å². The number of carbonyl (C=O) groups excluding carboxylic acids is 2. The fraction of sp³-hybridized carbons (Fsp3) is 0.300. The van der Waals surface area contributed by atoms with Crippen molar-refractivity contribution in [2.45, 2.75) is 43.3 Å². The van der Waals surface area contributed by atoms with E-state index in [1.807, 2.05) is 38.1 Å². The summed E-state index contributed by atoms with van der Waals surface area (Å²) in [4.78, 5) is 25.2. The molecule has 0 aliphatic carbocycles. The Morgan fingerprint density at radius 2 is 1.85 bits per heavy atom. The lowest BCUT2D eigenvalue weighted by atomic mass is 10.2. The largest absolute Gasteiger partial charge is 0.326 e. The summed E-state index contributed by atoms with van der Waals surface area (Å²) in [6, 6.07) is 11.5. The lowest BCUT2D eigenvalue weighted by Crippen LogP contribution is -2.24. The highest BCUT2D eigenvalue weighted by Gasteiger charge is 2.19. The molecule has 0 saturated carbocycles. The van der Waals surface area contributed by atoms with Gasteiger partial charge in [0.1, 0.15) is 5.82 Å². The third-order valence-corrected chi connectivity index (χ3v) is 5.37. The number of anilines is 2. The molecule has 0 saturated heterocycles. The minimum atomic E-state index is -0.530. The molecule has 0 heterocycles. The number of nitrogens with one attached hydrogen (secondary N) is 2. The van der Waals surface area contributed by atoms with Crippen LogP contribution in [0.25, 0.3) is 0 Å². The van der Waals surface area contributed by atoms with Gasteiger partial charge in [-0.05, 0) is 49.2 Å². The Morgan fingerprint density at radius 1 is 1.11 bits per heavy atom. The van der Waals surface area contributed by atoms with Crippen molar-refractivity contribution < 1.29 is 14.0 Å². The van der Waals surface area contributed by atoms with Crippen molar-refractivity contribution in [1.82, 2.24) is 0 Å². The quantitative estimate of drug-likeness (QED) is 0.548. The van der Waals surface area contributed by atoms with Crippen LogP contribution in [0.15, 0.2) is 47.4 Å². The van der Waals surface area contributed by atoms with Crippen molar-refractivity contribution in [3.05, 3.63) is 53.3 Å². The van der Waals surface area contributed by atoms with E-state index in [9.17, 15) is 14.0 Å². The maximum atomic E-state index is 13.2. The van der Waals surface area contributed by atoms with Crippen LogP contribution in [0.4, 0.5) is 15.8 Å². The lowest BCUT2D eigenvalue weighted by molar-refractivity contribution is -0.116. The molecule has 2 N–H and O–H groups in total. The molecule has 27 heavy (non-hydrogen) atoms. The minimum Gasteiger partial charge on any atom is -0.326 e. The van der Waals surface area contributed by atoms with E-state index in [-0.39, 0.29) is 22.1 Å². The van der Waals surface area contributed by atoms with Gasteiger partial charge in [0.15, 0.2) is 0 Å². The topological polar surface area (TPSA) is 58.2 Å². The Bertz CT molecular complexity index is 816. The summed E-state index contributed by atoms with van der Waals surface area (Å²) in [5.41, 5.74) is 1.16. The van der Waals surface area contributed by atoms with Crippen LogP contribution in [-0.2, 0) is 9.59 Å². The molecule has 1 unspecified atom stereocenters. The van der Waals surface area contributed by atoms with Gasteiger partial charge in [-0.3, -0.25) is 9.59 Å². The van der Waals surface area contributed by atoms with Gasteiger partial charge in [-0.15, -0.1) is 11.8 Å². The zero-order valence-corrected chi connectivity index (χ0v) is 16.8. The second-order valence-electron chi connectivity index (χ2n) is 5.96. The lowest BCUT2D eigenvalue weighted by Gasteiger charge is -2.15. The van der Waals surface area contributed by atoms with E-state index in [2.05, 4.69) is 10.6 Å². The standard InChI is InChI=1S/C20H22ClFN2O2S/c1-3-6-19(25)23-13-7-5-8-15(11-13)27-18(4-2)20(26)24-14-9-10-17(22)16(21)12-14/h5,7-12,18H,3-4,6H2,1-2H3,(H,23,25)(H,24,26). The maximum absolute atomic E-state index is 13.2. The molecule has 1 atom stereocenters. The SMILES string of the molecule is CCCC(=O)Nc1cccc(SC(CC)C(=O)Nc2ccc(F)c(Cl)c2)c1. The van der Waals surface area contributed by atoms with Crippen LogP contribution in [0.1, 0.15) is 33.1 Å². The molecule has 0 aliphatic heterocycles. The molecule has 0 aliphatic rings. The van der Waals surface area contributed by atoms with Crippen LogP contribution >= 0.6 is 23.4 Å². The Kier molecular flexibility index (Phi) is 8.13. The maximum Gasteiger partial charge on any atom is 0.237 e. The van der Waals surface area contributed by atoms with E-state index in [4.69, 9.17) is 11.6 Å². The van der Waals surface area contributed by atoms with Gasteiger partial charge >= 0.3 is 0 Å². The second kappa shape index (κ2) is 10.3. The summed E-state index contributed by atoms with van der Waals surface area (Å²) in [6.07, 6.45) is 1.86. The van der Waals surface area contributed by atoms with Gasteiger partial charge in [-0.25, -0.2) is 4.39 Å². The second-order valence-corrected chi connectivity index (χ2v) is 7.64. The summed E-state index contributed by atoms with van der Waals surface area (Å²) in [7, 11) is 0. The molecule has 144 valence electrons. The molecule has 0 aromatic heterocycles. The average Bonchev–Trinajstić information content (AvgIpc) is 2.63. The van der Waals surface area contributed by atoms with Crippen molar-refractivity contribution in [2.24, 2.45) is 0 Å². The van der Waals surface area contributed by atoms with Gasteiger partial charge in [-0.2, -0.15) is 0 Å². The highest BCUT2D eigenvalue weighted by molar-refractivity contribution is 8.00. The summed E-state index contributed by atoms with van der Waals surface area (Å²) in [5, 5.41) is 5.24. The van der Waals surface area contributed by atoms with E-state index in [1.165, 1.54) is 30.0 Å². The van der Waals surface area contributed by atoms with Gasteiger partial charge in [0.25, 0.3) is 0 Å². The number of amides is 2. The number of benzene rings is 2. The van der Waals surface area contributed by atoms with E-state index < -0.39 is 5.82 Å². The zero-order valence-electron chi connectivity index (χ0n) is 15.2. The van der Waals surface area contributed by atoms with Crippen molar-refractivity contribution >= 4 is 46.6 Å². The van der Waals surface area contributed by atoms with E-state index in [0.717, 1.165) is 11.3 Å². The molecule has 0 fully saturated rings. The minimum absolute atomic E-state index is 0.0300.